The van der Waals surface area contributed by atoms with Crippen molar-refractivity contribution < 1.29 is 28.6 Å². The second-order valence-corrected chi connectivity index (χ2v) is 7.76. The zero-order chi connectivity index (χ0) is 22.1. The van der Waals surface area contributed by atoms with Gasteiger partial charge in [-0.2, -0.15) is 0 Å². The molecular formula is C23H30N2O6. The third-order valence-electron chi connectivity index (χ3n) is 5.60. The van der Waals surface area contributed by atoms with E-state index >= 15 is 0 Å². The quantitative estimate of drug-likeness (QED) is 0.524. The molecule has 0 radical (unpaired) electrons. The Hall–Kier alpha value is -2.87. The maximum atomic E-state index is 13.2. The minimum absolute atomic E-state index is 0.0194. The van der Waals surface area contributed by atoms with E-state index < -0.39 is 23.9 Å². The number of morpholine rings is 1. The van der Waals surface area contributed by atoms with Gasteiger partial charge >= 0.3 is 11.9 Å². The first-order chi connectivity index (χ1) is 15.1. The smallest absolute Gasteiger partial charge is 0.356 e. The molecule has 8 nitrogen and oxygen atoms in total. The molecule has 0 spiro atoms. The van der Waals surface area contributed by atoms with Crippen molar-refractivity contribution in [3.63, 3.8) is 0 Å². The number of hydrogen-bond acceptors (Lipinski definition) is 7. The fourth-order valence-corrected chi connectivity index (χ4v) is 3.90. The molecule has 1 amide bonds. The number of amides is 1. The molecule has 168 valence electrons. The molecule has 2 fully saturated rings. The molecule has 0 bridgehead atoms. The van der Waals surface area contributed by atoms with E-state index in [4.69, 9.17) is 14.2 Å². The first-order valence-corrected chi connectivity index (χ1v) is 10.8. The summed E-state index contributed by atoms with van der Waals surface area (Å²) in [5, 5.41) is 2.66. The summed E-state index contributed by atoms with van der Waals surface area (Å²) in [6.07, 6.45) is 5.23. The van der Waals surface area contributed by atoms with Gasteiger partial charge in [0.25, 0.3) is 5.91 Å². The molecule has 1 saturated carbocycles. The van der Waals surface area contributed by atoms with Crippen LogP contribution in [0.3, 0.4) is 0 Å². The minimum atomic E-state index is -0.981. The maximum absolute atomic E-state index is 13.2. The molecule has 1 aliphatic heterocycles. The Morgan fingerprint density at radius 2 is 1.77 bits per heavy atom. The molecule has 0 aromatic heterocycles. The van der Waals surface area contributed by atoms with Crippen LogP contribution in [0, 0.1) is 5.92 Å². The SMILES string of the molecule is COC(=O)/C(=C/N1CCOCC1)NC(=O)C(OC(=O)c1ccccc1)C1CCCCC1. The Balaban J connectivity index is 1.77. The van der Waals surface area contributed by atoms with Gasteiger partial charge in [-0.3, -0.25) is 4.79 Å². The molecule has 2 aliphatic rings. The van der Waals surface area contributed by atoms with Gasteiger partial charge in [0, 0.05) is 25.2 Å². The number of ether oxygens (including phenoxy) is 3. The fourth-order valence-electron chi connectivity index (χ4n) is 3.90. The maximum Gasteiger partial charge on any atom is 0.356 e. The van der Waals surface area contributed by atoms with Crippen LogP contribution in [0.2, 0.25) is 0 Å². The molecule has 1 saturated heterocycles. The van der Waals surface area contributed by atoms with Crippen molar-refractivity contribution in [3.05, 3.63) is 47.8 Å². The van der Waals surface area contributed by atoms with Crippen LogP contribution in [-0.4, -0.2) is 62.3 Å². The van der Waals surface area contributed by atoms with Crippen LogP contribution < -0.4 is 5.32 Å². The van der Waals surface area contributed by atoms with Crippen molar-refractivity contribution in [2.75, 3.05) is 33.4 Å². The van der Waals surface area contributed by atoms with E-state index in [0.29, 0.717) is 31.9 Å². The van der Waals surface area contributed by atoms with E-state index in [1.165, 1.54) is 7.11 Å². The lowest BCUT2D eigenvalue weighted by Crippen LogP contribution is -2.44. The van der Waals surface area contributed by atoms with Crippen LogP contribution in [0.4, 0.5) is 0 Å². The molecule has 1 heterocycles. The number of esters is 2. The number of nitrogens with one attached hydrogen (secondary N) is 1. The van der Waals surface area contributed by atoms with Crippen LogP contribution in [-0.2, 0) is 23.8 Å². The Labute approximate surface area is 182 Å². The van der Waals surface area contributed by atoms with Crippen molar-refractivity contribution >= 4 is 17.8 Å². The molecule has 31 heavy (non-hydrogen) atoms. The van der Waals surface area contributed by atoms with Gasteiger partial charge in [0.1, 0.15) is 5.70 Å². The van der Waals surface area contributed by atoms with Crippen molar-refractivity contribution in [1.82, 2.24) is 10.2 Å². The number of carbonyl (C=O) groups is 3. The van der Waals surface area contributed by atoms with Crippen molar-refractivity contribution in [2.45, 2.75) is 38.2 Å². The first kappa shape index (κ1) is 22.8. The van der Waals surface area contributed by atoms with Crippen LogP contribution in [0.5, 0.6) is 0 Å². The predicted molar refractivity (Wildman–Crippen MR) is 113 cm³/mol. The highest BCUT2D eigenvalue weighted by molar-refractivity contribution is 5.97. The molecule has 1 aliphatic carbocycles. The Morgan fingerprint density at radius 3 is 2.42 bits per heavy atom. The van der Waals surface area contributed by atoms with Crippen LogP contribution >= 0.6 is 0 Å². The lowest BCUT2D eigenvalue weighted by atomic mass is 9.84. The number of methoxy groups -OCH3 is 1. The highest BCUT2D eigenvalue weighted by Crippen LogP contribution is 2.29. The summed E-state index contributed by atoms with van der Waals surface area (Å²) in [5.41, 5.74) is 0.402. The van der Waals surface area contributed by atoms with Gasteiger partial charge in [-0.15, -0.1) is 0 Å². The zero-order valence-electron chi connectivity index (χ0n) is 17.9. The van der Waals surface area contributed by atoms with Gasteiger partial charge in [0.05, 0.1) is 25.9 Å². The molecule has 1 aromatic carbocycles. The monoisotopic (exact) mass is 430 g/mol. The van der Waals surface area contributed by atoms with E-state index in [0.717, 1.165) is 32.1 Å². The average Bonchev–Trinajstić information content (AvgIpc) is 2.83. The Kier molecular flexibility index (Phi) is 8.46. The van der Waals surface area contributed by atoms with Crippen molar-refractivity contribution in [1.29, 1.82) is 0 Å². The number of rotatable bonds is 7. The average molecular weight is 431 g/mol. The largest absolute Gasteiger partial charge is 0.464 e. The number of carbonyl (C=O) groups excluding carboxylic acids is 3. The van der Waals surface area contributed by atoms with E-state index in [1.54, 1.807) is 36.5 Å². The van der Waals surface area contributed by atoms with Gasteiger partial charge in [-0.05, 0) is 25.0 Å². The van der Waals surface area contributed by atoms with Crippen molar-refractivity contribution in [3.8, 4) is 0 Å². The van der Waals surface area contributed by atoms with Gasteiger partial charge < -0.3 is 24.4 Å². The fraction of sp³-hybridized carbons (Fsp3) is 0.522. The van der Waals surface area contributed by atoms with Gasteiger partial charge in [-0.25, -0.2) is 9.59 Å². The van der Waals surface area contributed by atoms with Gasteiger partial charge in [0.15, 0.2) is 6.10 Å². The summed E-state index contributed by atoms with van der Waals surface area (Å²) in [4.78, 5) is 40.0. The van der Waals surface area contributed by atoms with Crippen LogP contribution in [0.15, 0.2) is 42.2 Å². The van der Waals surface area contributed by atoms with Gasteiger partial charge in [0.2, 0.25) is 0 Å². The summed E-state index contributed by atoms with van der Waals surface area (Å²) < 4.78 is 15.8. The topological polar surface area (TPSA) is 94.2 Å². The van der Waals surface area contributed by atoms with E-state index in [1.807, 2.05) is 4.90 Å². The number of nitrogens with zero attached hydrogens (tertiary/aromatic N) is 1. The summed E-state index contributed by atoms with van der Waals surface area (Å²) in [7, 11) is 1.26. The lowest BCUT2D eigenvalue weighted by Gasteiger charge is -2.30. The second kappa shape index (κ2) is 11.5. The highest BCUT2D eigenvalue weighted by Gasteiger charge is 2.34. The van der Waals surface area contributed by atoms with Crippen LogP contribution in [0.25, 0.3) is 0 Å². The Morgan fingerprint density at radius 1 is 1.10 bits per heavy atom. The van der Waals surface area contributed by atoms with E-state index in [9.17, 15) is 14.4 Å². The number of benzene rings is 1. The predicted octanol–water partition coefficient (Wildman–Crippen LogP) is 2.26. The summed E-state index contributed by atoms with van der Waals surface area (Å²) in [5.74, 6) is -1.82. The minimum Gasteiger partial charge on any atom is -0.464 e. The van der Waals surface area contributed by atoms with E-state index in [2.05, 4.69) is 5.32 Å². The standard InChI is InChI=1S/C23H30N2O6/c1-29-23(28)19(16-25-12-14-30-15-13-25)24-21(26)20(17-8-4-2-5-9-17)31-22(27)18-10-6-3-7-11-18/h3,6-7,10-11,16-17,20H,2,4-5,8-9,12-15H2,1H3,(H,24,26)/b19-16-. The summed E-state index contributed by atoms with van der Waals surface area (Å²) in [6, 6.07) is 8.59. The highest BCUT2D eigenvalue weighted by atomic mass is 16.5. The van der Waals surface area contributed by atoms with E-state index in [-0.39, 0.29) is 11.6 Å². The Bertz CT molecular complexity index is 783. The molecule has 3 rings (SSSR count). The third-order valence-corrected chi connectivity index (χ3v) is 5.60. The molecule has 1 unspecified atom stereocenters. The second-order valence-electron chi connectivity index (χ2n) is 7.76. The summed E-state index contributed by atoms with van der Waals surface area (Å²) >= 11 is 0. The van der Waals surface area contributed by atoms with Gasteiger partial charge in [-0.1, -0.05) is 37.5 Å². The molecule has 1 N–H and O–H groups in total. The molecule has 1 atom stereocenters. The summed E-state index contributed by atoms with van der Waals surface area (Å²) in [6.45, 7) is 2.29. The first-order valence-electron chi connectivity index (χ1n) is 10.8. The van der Waals surface area contributed by atoms with Crippen LogP contribution in [0.1, 0.15) is 42.5 Å². The third kappa shape index (κ3) is 6.55. The zero-order valence-corrected chi connectivity index (χ0v) is 17.9. The van der Waals surface area contributed by atoms with Crippen molar-refractivity contribution in [2.24, 2.45) is 5.92 Å². The normalized spacial score (nSPS) is 18.7. The molecule has 1 aromatic rings. The molecular weight excluding hydrogens is 400 g/mol. The number of hydrogen-bond donors (Lipinski definition) is 1. The molecule has 8 heteroatoms. The lowest BCUT2D eigenvalue weighted by molar-refractivity contribution is -0.140.